The quantitative estimate of drug-likeness (QED) is 0.170. The normalized spacial score (nSPS) is 26.1. The zero-order chi connectivity index (χ0) is 34.2. The molecule has 0 radical (unpaired) electrons. The summed E-state index contributed by atoms with van der Waals surface area (Å²) in [6.45, 7) is 16.3. The molecule has 1 heterocycles. The molecule has 0 aromatic heterocycles. The highest BCUT2D eigenvalue weighted by Crippen LogP contribution is 2.54. The van der Waals surface area contributed by atoms with Gasteiger partial charge in [-0.15, -0.1) is 0 Å². The van der Waals surface area contributed by atoms with Crippen LogP contribution in [0.25, 0.3) is 0 Å². The summed E-state index contributed by atoms with van der Waals surface area (Å²) in [4.78, 5) is 14.1. The second-order valence-corrected chi connectivity index (χ2v) is 20.8. The van der Waals surface area contributed by atoms with Crippen LogP contribution in [-0.2, 0) is 19.4 Å². The first-order valence-corrected chi connectivity index (χ1v) is 19.6. The maximum Gasteiger partial charge on any atom is 0.324 e. The van der Waals surface area contributed by atoms with Gasteiger partial charge < -0.3 is 9.16 Å². The van der Waals surface area contributed by atoms with Crippen LogP contribution in [-0.4, -0.2) is 38.6 Å². The number of benzene rings is 2. The molecule has 1 aliphatic heterocycles. The van der Waals surface area contributed by atoms with Crippen molar-refractivity contribution >= 4 is 37.5 Å². The Balaban J connectivity index is 2.03. The first kappa shape index (κ1) is 36.6. The summed E-state index contributed by atoms with van der Waals surface area (Å²) in [6.07, 6.45) is 6.64. The number of rotatable bonds is 8. The number of nitrogens with zero attached hydrogens (tertiary/aromatic N) is 1. The zero-order valence-corrected chi connectivity index (χ0v) is 30.5. The van der Waals surface area contributed by atoms with Crippen LogP contribution in [0.15, 0.2) is 48.6 Å². The summed E-state index contributed by atoms with van der Waals surface area (Å²) >= 11 is 12.5. The van der Waals surface area contributed by atoms with E-state index >= 15 is 8.78 Å². The van der Waals surface area contributed by atoms with Gasteiger partial charge in [-0.2, -0.15) is 5.26 Å². The fourth-order valence-corrected chi connectivity index (χ4v) is 8.07. The second kappa shape index (κ2) is 13.7. The van der Waals surface area contributed by atoms with Crippen molar-refractivity contribution < 1.29 is 22.7 Å². The van der Waals surface area contributed by atoms with Crippen molar-refractivity contribution in [3.63, 3.8) is 0 Å². The topological polar surface area (TPSA) is 71.3 Å². The van der Waals surface area contributed by atoms with Crippen molar-refractivity contribution in [1.29, 1.82) is 5.26 Å². The van der Waals surface area contributed by atoms with Crippen molar-refractivity contribution in [2.45, 2.75) is 108 Å². The Morgan fingerprint density at radius 1 is 1.13 bits per heavy atom. The average Bonchev–Trinajstić information content (AvgIpc) is 3.29. The summed E-state index contributed by atoms with van der Waals surface area (Å²) in [7, 11) is -2.29. The Morgan fingerprint density at radius 3 is 2.39 bits per heavy atom. The zero-order valence-electron chi connectivity index (χ0n) is 28.0. The smallest absolute Gasteiger partial charge is 0.324 e. The van der Waals surface area contributed by atoms with Crippen molar-refractivity contribution in [1.82, 2.24) is 5.32 Å². The third kappa shape index (κ3) is 7.24. The van der Waals surface area contributed by atoms with Crippen LogP contribution in [0.5, 0.6) is 0 Å². The molecular formula is C36H46Cl2F2N2O3Si. The van der Waals surface area contributed by atoms with Crippen LogP contribution in [0.1, 0.15) is 77.8 Å². The average molecular weight is 692 g/mol. The first-order chi connectivity index (χ1) is 21.3. The maximum atomic E-state index is 16.3. The summed E-state index contributed by atoms with van der Waals surface area (Å²) < 4.78 is 45.1. The minimum Gasteiger partial charge on any atom is -0.459 e. The fraction of sp³-hybridized carbons (Fsp3) is 0.556. The van der Waals surface area contributed by atoms with Gasteiger partial charge in [0.15, 0.2) is 8.32 Å². The van der Waals surface area contributed by atoms with Gasteiger partial charge in [0.25, 0.3) is 0 Å². The minimum atomic E-state index is -2.29. The molecule has 46 heavy (non-hydrogen) atoms. The van der Waals surface area contributed by atoms with Gasteiger partial charge in [-0.05, 0) is 87.8 Å². The first-order valence-electron chi connectivity index (χ1n) is 15.9. The second-order valence-electron chi connectivity index (χ2n) is 15.2. The van der Waals surface area contributed by atoms with Gasteiger partial charge in [-0.1, -0.05) is 74.3 Å². The maximum absolute atomic E-state index is 16.3. The number of carbonyl (C=O) groups is 1. The molecule has 0 saturated carbocycles. The Kier molecular flexibility index (Phi) is 10.9. The molecule has 1 aliphatic carbocycles. The van der Waals surface area contributed by atoms with Gasteiger partial charge in [0.2, 0.25) is 0 Å². The van der Waals surface area contributed by atoms with Crippen LogP contribution in [0.4, 0.5) is 8.78 Å². The van der Waals surface area contributed by atoms with Crippen LogP contribution in [0.2, 0.25) is 28.2 Å². The van der Waals surface area contributed by atoms with E-state index < -0.39 is 54.9 Å². The molecule has 10 heteroatoms. The van der Waals surface area contributed by atoms with E-state index in [2.05, 4.69) is 57.4 Å². The van der Waals surface area contributed by atoms with Gasteiger partial charge >= 0.3 is 5.97 Å². The number of hydrogen-bond acceptors (Lipinski definition) is 5. The highest BCUT2D eigenvalue weighted by molar-refractivity contribution is 6.74. The van der Waals surface area contributed by atoms with Crippen molar-refractivity contribution in [3.8, 4) is 6.07 Å². The largest absolute Gasteiger partial charge is 0.459 e. The lowest BCUT2D eigenvalue weighted by molar-refractivity contribution is -0.157. The molecule has 2 aliphatic rings. The van der Waals surface area contributed by atoms with Gasteiger partial charge in [0.1, 0.15) is 28.7 Å². The summed E-state index contributed by atoms with van der Waals surface area (Å²) in [5, 5.41) is 14.8. The predicted molar refractivity (Wildman–Crippen MR) is 183 cm³/mol. The van der Waals surface area contributed by atoms with E-state index in [1.165, 1.54) is 24.3 Å². The molecule has 1 N–H and O–H groups in total. The number of carbonyl (C=O) groups excluding carboxylic acids is 1. The molecule has 2 aromatic carbocycles. The van der Waals surface area contributed by atoms with Gasteiger partial charge in [-0.25, -0.2) is 8.78 Å². The number of allylic oxidation sites excluding steroid dienone is 2. The molecule has 6 atom stereocenters. The Morgan fingerprint density at radius 2 is 1.83 bits per heavy atom. The molecule has 250 valence electrons. The van der Waals surface area contributed by atoms with E-state index in [1.54, 1.807) is 26.8 Å². The lowest BCUT2D eigenvalue weighted by Gasteiger charge is -2.44. The number of nitriles is 1. The molecule has 0 spiro atoms. The van der Waals surface area contributed by atoms with Crippen molar-refractivity contribution in [3.05, 3.63) is 81.4 Å². The molecule has 1 saturated heterocycles. The van der Waals surface area contributed by atoms with Crippen LogP contribution < -0.4 is 5.32 Å². The third-order valence-electron chi connectivity index (χ3n) is 10.00. The molecule has 0 amide bonds. The number of esters is 1. The van der Waals surface area contributed by atoms with Crippen LogP contribution in [0.3, 0.4) is 0 Å². The number of nitrogens with one attached hydrogen (secondary N) is 1. The van der Waals surface area contributed by atoms with E-state index in [1.807, 2.05) is 0 Å². The highest BCUT2D eigenvalue weighted by atomic mass is 35.5. The van der Waals surface area contributed by atoms with Crippen LogP contribution >= 0.6 is 23.2 Å². The van der Waals surface area contributed by atoms with Crippen molar-refractivity contribution in [2.24, 2.45) is 11.8 Å². The fourth-order valence-electron chi connectivity index (χ4n) is 6.68. The molecule has 0 bridgehead atoms. The van der Waals surface area contributed by atoms with E-state index in [4.69, 9.17) is 32.4 Å². The molecule has 1 fully saturated rings. The summed E-state index contributed by atoms with van der Waals surface area (Å²) in [5.74, 6) is -3.68. The Hall–Kier alpha value is -2.28. The SMILES string of the molecule is CC(C)(C)OC(=O)[C@@H]1N[C@@H](C(CO[Si](C)(C)C(C)(C)C)C2CC=CCC2)[C@](C#N)(c2ccc(Cl)cc2F)[C@H]1c1cccc(Cl)c1F. The molecule has 5 nitrogen and oxygen atoms in total. The lowest BCUT2D eigenvalue weighted by Crippen LogP contribution is -2.53. The van der Waals surface area contributed by atoms with E-state index in [0.717, 1.165) is 25.3 Å². The number of halogens is 4. The standard InChI is InChI=1S/C36H46Cl2F2N2O3Si/c1-34(2,3)45-33(43)31-29(24-15-12-16-27(38)30(24)40)36(21-41,26-18-17-23(37)19-28(26)39)32(42-31)25(22-13-10-9-11-14-22)20-44-46(7,8)35(4,5)6/h9-10,12,15-19,22,25,29,31-32,42H,11,13-14,20H2,1-8H3/t22?,25?,29-,31+,32-,36+/m0/s1. The van der Waals surface area contributed by atoms with E-state index in [9.17, 15) is 10.1 Å². The lowest BCUT2D eigenvalue weighted by atomic mass is 9.60. The Labute approximate surface area is 283 Å². The molecular weight excluding hydrogens is 645 g/mol. The van der Waals surface area contributed by atoms with Crippen LogP contribution in [0, 0.1) is 34.8 Å². The molecule has 2 aromatic rings. The predicted octanol–water partition coefficient (Wildman–Crippen LogP) is 9.49. The third-order valence-corrected chi connectivity index (χ3v) is 15.0. The van der Waals surface area contributed by atoms with Gasteiger partial charge in [0, 0.05) is 35.1 Å². The van der Waals surface area contributed by atoms with Gasteiger partial charge in [-0.3, -0.25) is 10.1 Å². The molecule has 4 rings (SSSR count). The van der Waals surface area contributed by atoms with Gasteiger partial charge in [0.05, 0.1) is 11.1 Å². The minimum absolute atomic E-state index is 0.0241. The number of ether oxygens (including phenoxy) is 1. The molecule has 2 unspecified atom stereocenters. The summed E-state index contributed by atoms with van der Waals surface area (Å²) in [6, 6.07) is 9.07. The summed E-state index contributed by atoms with van der Waals surface area (Å²) in [5.41, 5.74) is -2.61. The monoisotopic (exact) mass is 690 g/mol. The number of hydrogen-bond donors (Lipinski definition) is 1. The highest BCUT2D eigenvalue weighted by Gasteiger charge is 2.64. The van der Waals surface area contributed by atoms with E-state index in [0.29, 0.717) is 0 Å². The Bertz CT molecular complexity index is 1510. The van der Waals surface area contributed by atoms with E-state index in [-0.39, 0.29) is 44.7 Å². The van der Waals surface area contributed by atoms with Crippen molar-refractivity contribution in [2.75, 3.05) is 6.61 Å².